The second-order valence-corrected chi connectivity index (χ2v) is 3.64. The topological polar surface area (TPSA) is 21.3 Å². The molecule has 0 rings (SSSR count). The van der Waals surface area contributed by atoms with Crippen molar-refractivity contribution < 1.29 is 4.74 Å². The van der Waals surface area contributed by atoms with Crippen LogP contribution in [0.3, 0.4) is 0 Å². The second kappa shape index (κ2) is 7.10. The molecule has 0 saturated carbocycles. The molecule has 0 fully saturated rings. The van der Waals surface area contributed by atoms with Gasteiger partial charge in [0.25, 0.3) is 0 Å². The monoisotopic (exact) mass is 185 g/mol. The molecular weight excluding hydrogens is 162 g/mol. The van der Waals surface area contributed by atoms with Crippen LogP contribution in [0.15, 0.2) is 12.2 Å². The number of hydrogen-bond acceptors (Lipinski definition) is 2. The van der Waals surface area contributed by atoms with Crippen LogP contribution in [0.2, 0.25) is 0 Å². The van der Waals surface area contributed by atoms with Gasteiger partial charge in [0.05, 0.1) is 6.10 Å². The molecule has 13 heavy (non-hydrogen) atoms. The van der Waals surface area contributed by atoms with E-state index in [0.717, 1.165) is 19.4 Å². The first kappa shape index (κ1) is 12.7. The van der Waals surface area contributed by atoms with Crippen LogP contribution in [0, 0.1) is 0 Å². The Morgan fingerprint density at radius 1 is 1.54 bits per heavy atom. The molecule has 1 N–H and O–H groups in total. The third-order valence-corrected chi connectivity index (χ3v) is 2.21. The summed E-state index contributed by atoms with van der Waals surface area (Å²) in [6.45, 7) is 11.3. The van der Waals surface area contributed by atoms with Crippen LogP contribution in [-0.4, -0.2) is 25.8 Å². The quantitative estimate of drug-likeness (QED) is 0.615. The Morgan fingerprint density at radius 2 is 2.15 bits per heavy atom. The van der Waals surface area contributed by atoms with Crippen LogP contribution in [0.1, 0.15) is 33.6 Å². The van der Waals surface area contributed by atoms with Crippen LogP contribution in [0.25, 0.3) is 0 Å². The summed E-state index contributed by atoms with van der Waals surface area (Å²) in [5.41, 5.74) is 1.19. The Bertz CT molecular complexity index is 145. The number of hydrogen-bond donors (Lipinski definition) is 1. The smallest absolute Gasteiger partial charge is 0.0561 e. The van der Waals surface area contributed by atoms with Gasteiger partial charge in [0.15, 0.2) is 0 Å². The summed E-state index contributed by atoms with van der Waals surface area (Å²) in [5.74, 6) is 0. The number of ether oxygens (including phenoxy) is 1. The predicted molar refractivity (Wildman–Crippen MR) is 58.0 cm³/mol. The maximum Gasteiger partial charge on any atom is 0.0561 e. The molecular formula is C11H23NO. The van der Waals surface area contributed by atoms with Crippen LogP contribution in [0.4, 0.5) is 0 Å². The molecule has 0 aliphatic carbocycles. The fraction of sp³-hybridized carbons (Fsp3) is 0.818. The molecule has 78 valence electrons. The van der Waals surface area contributed by atoms with Crippen molar-refractivity contribution in [2.45, 2.75) is 45.8 Å². The zero-order valence-electron chi connectivity index (χ0n) is 9.39. The van der Waals surface area contributed by atoms with Crippen molar-refractivity contribution in [1.29, 1.82) is 0 Å². The molecule has 0 aromatic rings. The number of nitrogens with one attached hydrogen (secondary N) is 1. The van der Waals surface area contributed by atoms with Crippen LogP contribution < -0.4 is 5.32 Å². The molecule has 2 atom stereocenters. The largest absolute Gasteiger partial charge is 0.382 e. The summed E-state index contributed by atoms with van der Waals surface area (Å²) in [6.07, 6.45) is 2.46. The third kappa shape index (κ3) is 5.83. The fourth-order valence-corrected chi connectivity index (χ4v) is 1.21. The van der Waals surface area contributed by atoms with Crippen molar-refractivity contribution >= 4 is 0 Å². The highest BCUT2D eigenvalue weighted by atomic mass is 16.5. The van der Waals surface area contributed by atoms with Crippen molar-refractivity contribution in [2.24, 2.45) is 0 Å². The fourth-order valence-electron chi connectivity index (χ4n) is 1.21. The first-order chi connectivity index (χ1) is 6.11. The van der Waals surface area contributed by atoms with Crippen molar-refractivity contribution in [2.75, 3.05) is 13.7 Å². The molecule has 0 bridgehead atoms. The van der Waals surface area contributed by atoms with Gasteiger partial charge in [-0.1, -0.05) is 19.1 Å². The van der Waals surface area contributed by atoms with E-state index in [1.54, 1.807) is 7.11 Å². The van der Waals surface area contributed by atoms with E-state index in [4.69, 9.17) is 4.74 Å². The minimum atomic E-state index is 0.297. The number of rotatable bonds is 7. The lowest BCUT2D eigenvalue weighted by Crippen LogP contribution is -2.33. The minimum absolute atomic E-state index is 0.297. The van der Waals surface area contributed by atoms with Crippen molar-refractivity contribution in [1.82, 2.24) is 5.32 Å². The molecule has 0 amide bonds. The van der Waals surface area contributed by atoms with Crippen molar-refractivity contribution in [3.8, 4) is 0 Å². The van der Waals surface area contributed by atoms with Gasteiger partial charge in [0, 0.05) is 13.2 Å². The van der Waals surface area contributed by atoms with E-state index in [1.807, 2.05) is 0 Å². The Hall–Kier alpha value is -0.340. The highest BCUT2D eigenvalue weighted by Crippen LogP contribution is 2.08. The maximum atomic E-state index is 5.23. The molecule has 0 saturated heterocycles. The maximum absolute atomic E-state index is 5.23. The summed E-state index contributed by atoms with van der Waals surface area (Å²) in [4.78, 5) is 0. The van der Waals surface area contributed by atoms with Crippen LogP contribution in [0.5, 0.6) is 0 Å². The van der Waals surface area contributed by atoms with E-state index in [2.05, 4.69) is 32.7 Å². The van der Waals surface area contributed by atoms with E-state index in [0.29, 0.717) is 12.1 Å². The van der Waals surface area contributed by atoms with Gasteiger partial charge in [0.1, 0.15) is 0 Å². The van der Waals surface area contributed by atoms with E-state index in [1.165, 1.54) is 5.57 Å². The Labute approximate surface area is 82.4 Å². The zero-order valence-corrected chi connectivity index (χ0v) is 9.39. The number of methoxy groups -OCH3 is 1. The van der Waals surface area contributed by atoms with Gasteiger partial charge in [-0.2, -0.15) is 0 Å². The average Bonchev–Trinajstić information content (AvgIpc) is 2.11. The summed E-state index contributed by atoms with van der Waals surface area (Å²) in [5, 5.41) is 3.45. The average molecular weight is 185 g/mol. The lowest BCUT2D eigenvalue weighted by atomic mass is 10.0. The highest BCUT2D eigenvalue weighted by Gasteiger charge is 2.11. The summed E-state index contributed by atoms with van der Waals surface area (Å²) < 4.78 is 5.23. The van der Waals surface area contributed by atoms with Gasteiger partial charge >= 0.3 is 0 Å². The van der Waals surface area contributed by atoms with Gasteiger partial charge < -0.3 is 10.1 Å². The Morgan fingerprint density at radius 3 is 2.54 bits per heavy atom. The van der Waals surface area contributed by atoms with Crippen molar-refractivity contribution in [3.05, 3.63) is 12.2 Å². The van der Waals surface area contributed by atoms with Gasteiger partial charge in [-0.3, -0.25) is 0 Å². The molecule has 2 nitrogen and oxygen atoms in total. The lowest BCUT2D eigenvalue weighted by molar-refractivity contribution is 0.104. The van der Waals surface area contributed by atoms with E-state index < -0.39 is 0 Å². The SMILES string of the molecule is C=C(C)C(CC(C)OC)NCCC. The van der Waals surface area contributed by atoms with Crippen molar-refractivity contribution in [3.63, 3.8) is 0 Å². The molecule has 0 aliphatic rings. The second-order valence-electron chi connectivity index (χ2n) is 3.64. The molecule has 0 spiro atoms. The highest BCUT2D eigenvalue weighted by molar-refractivity contribution is 5.01. The molecule has 0 aromatic carbocycles. The van der Waals surface area contributed by atoms with Crippen LogP contribution in [-0.2, 0) is 4.74 Å². The minimum Gasteiger partial charge on any atom is -0.382 e. The van der Waals surface area contributed by atoms with Gasteiger partial charge in [-0.05, 0) is 33.2 Å². The first-order valence-electron chi connectivity index (χ1n) is 5.03. The van der Waals surface area contributed by atoms with Gasteiger partial charge in [-0.15, -0.1) is 0 Å². The molecule has 0 aliphatic heterocycles. The van der Waals surface area contributed by atoms with Crippen LogP contribution >= 0.6 is 0 Å². The zero-order chi connectivity index (χ0) is 10.3. The molecule has 0 aromatic heterocycles. The normalized spacial score (nSPS) is 15.4. The van der Waals surface area contributed by atoms with E-state index in [9.17, 15) is 0 Å². The van der Waals surface area contributed by atoms with E-state index in [-0.39, 0.29) is 0 Å². The Balaban J connectivity index is 3.87. The lowest BCUT2D eigenvalue weighted by Gasteiger charge is -2.21. The summed E-state index contributed by atoms with van der Waals surface area (Å²) in [7, 11) is 1.75. The molecule has 0 heterocycles. The third-order valence-electron chi connectivity index (χ3n) is 2.21. The Kier molecular flexibility index (Phi) is 6.92. The summed E-state index contributed by atoms with van der Waals surface area (Å²) in [6, 6.07) is 0.398. The predicted octanol–water partition coefficient (Wildman–Crippen LogP) is 2.36. The molecule has 2 unspecified atom stereocenters. The van der Waals surface area contributed by atoms with E-state index >= 15 is 0 Å². The standard InChI is InChI=1S/C11H23NO/c1-6-7-12-11(9(2)3)8-10(4)13-5/h10-12H,2,6-8H2,1,3-5H3. The molecule has 2 heteroatoms. The first-order valence-corrected chi connectivity index (χ1v) is 5.03. The molecule has 0 radical (unpaired) electrons. The summed E-state index contributed by atoms with van der Waals surface area (Å²) >= 11 is 0. The van der Waals surface area contributed by atoms with Gasteiger partial charge in [-0.25, -0.2) is 0 Å². The van der Waals surface area contributed by atoms with Gasteiger partial charge in [0.2, 0.25) is 0 Å².